The van der Waals surface area contributed by atoms with Gasteiger partial charge in [-0.2, -0.15) is 5.26 Å². The Morgan fingerprint density at radius 3 is 2.52 bits per heavy atom. The van der Waals surface area contributed by atoms with Gasteiger partial charge in [0.05, 0.1) is 16.3 Å². The van der Waals surface area contributed by atoms with Gasteiger partial charge >= 0.3 is 0 Å². The number of nitrogens with zero attached hydrogens (tertiary/aromatic N) is 2. The zero-order valence-electron chi connectivity index (χ0n) is 12.8. The number of aromatic nitrogens is 1. The van der Waals surface area contributed by atoms with Gasteiger partial charge in [0.25, 0.3) is 0 Å². The minimum absolute atomic E-state index is 0.312. The molecule has 3 rings (SSSR count). The molecule has 0 aliphatic rings. The number of amides is 1. The van der Waals surface area contributed by atoms with Gasteiger partial charge in [-0.05, 0) is 50.2 Å². The summed E-state index contributed by atoms with van der Waals surface area (Å²) in [5.74, 6) is -0.312. The predicted molar refractivity (Wildman–Crippen MR) is 93.1 cm³/mol. The van der Waals surface area contributed by atoms with Crippen molar-refractivity contribution in [2.45, 2.75) is 13.8 Å². The number of hydrogen-bond donors (Lipinski definition) is 1. The molecule has 114 valence electrons. The molecule has 1 aromatic heterocycles. The second-order valence-electron chi connectivity index (χ2n) is 5.76. The molecule has 1 amide bonds. The molecule has 1 N–H and O–H groups in total. The third kappa shape index (κ3) is 3.08. The number of fused-ring (bicyclic) bond motifs is 1. The van der Waals surface area contributed by atoms with Crippen LogP contribution in [0, 0.1) is 16.7 Å². The lowest BCUT2D eigenvalue weighted by molar-refractivity contribution is -0.121. The maximum atomic E-state index is 12.0. The van der Waals surface area contributed by atoms with E-state index in [-0.39, 0.29) is 5.91 Å². The molecular formula is C18H15N3OS. The fourth-order valence-corrected chi connectivity index (χ4v) is 3.00. The fraction of sp³-hybridized carbons (Fsp3) is 0.167. The standard InChI is InChI=1S/C18H15N3OS/c1-18(2,11-19)17(22)20-13-9-7-12(8-10-13)16-21-14-5-3-4-6-15(14)23-16/h3-10H,1-2H3,(H,20,22). The maximum Gasteiger partial charge on any atom is 0.244 e. The summed E-state index contributed by atoms with van der Waals surface area (Å²) >= 11 is 1.64. The van der Waals surface area contributed by atoms with Crippen LogP contribution in [0.15, 0.2) is 48.5 Å². The summed E-state index contributed by atoms with van der Waals surface area (Å²) in [6.45, 7) is 3.19. The first-order valence-corrected chi connectivity index (χ1v) is 8.00. The molecule has 0 fully saturated rings. The highest BCUT2D eigenvalue weighted by Gasteiger charge is 2.27. The van der Waals surface area contributed by atoms with Crippen molar-refractivity contribution in [3.63, 3.8) is 0 Å². The molecule has 0 spiro atoms. The average Bonchev–Trinajstić information content (AvgIpc) is 2.99. The molecular weight excluding hydrogens is 306 g/mol. The van der Waals surface area contributed by atoms with Gasteiger partial charge in [-0.3, -0.25) is 4.79 Å². The Bertz CT molecular complexity index is 871. The molecule has 0 aliphatic carbocycles. The molecule has 4 nitrogen and oxygen atoms in total. The van der Waals surface area contributed by atoms with Crippen LogP contribution in [0.3, 0.4) is 0 Å². The zero-order valence-corrected chi connectivity index (χ0v) is 13.6. The molecule has 5 heteroatoms. The number of carbonyl (C=O) groups is 1. The summed E-state index contributed by atoms with van der Waals surface area (Å²) in [6.07, 6.45) is 0. The minimum atomic E-state index is -1.05. The minimum Gasteiger partial charge on any atom is -0.325 e. The number of benzene rings is 2. The van der Waals surface area contributed by atoms with E-state index in [4.69, 9.17) is 5.26 Å². The third-order valence-corrected chi connectivity index (χ3v) is 4.62. The Labute approximate surface area is 138 Å². The summed E-state index contributed by atoms with van der Waals surface area (Å²) < 4.78 is 1.15. The molecule has 0 atom stereocenters. The van der Waals surface area contributed by atoms with E-state index in [0.717, 1.165) is 20.8 Å². The quantitative estimate of drug-likeness (QED) is 0.775. The first kappa shape index (κ1) is 15.2. The SMILES string of the molecule is CC(C)(C#N)C(=O)Nc1ccc(-c2nc3ccccc3s2)cc1. The van der Waals surface area contributed by atoms with Crippen molar-refractivity contribution in [2.24, 2.45) is 5.41 Å². The van der Waals surface area contributed by atoms with Crippen LogP contribution < -0.4 is 5.32 Å². The number of nitriles is 1. The molecule has 0 saturated heterocycles. The summed E-state index contributed by atoms with van der Waals surface area (Å²) in [7, 11) is 0. The van der Waals surface area contributed by atoms with Crippen LogP contribution in [-0.4, -0.2) is 10.9 Å². The van der Waals surface area contributed by atoms with E-state index in [2.05, 4.69) is 16.4 Å². The van der Waals surface area contributed by atoms with E-state index >= 15 is 0 Å². The Kier molecular flexibility index (Phi) is 3.85. The third-order valence-electron chi connectivity index (χ3n) is 3.53. The maximum absolute atomic E-state index is 12.0. The Morgan fingerprint density at radius 2 is 1.87 bits per heavy atom. The number of rotatable bonds is 3. The van der Waals surface area contributed by atoms with Crippen LogP contribution in [0.4, 0.5) is 5.69 Å². The van der Waals surface area contributed by atoms with Gasteiger partial charge in [0.1, 0.15) is 10.4 Å². The van der Waals surface area contributed by atoms with Crippen LogP contribution in [0.25, 0.3) is 20.8 Å². The van der Waals surface area contributed by atoms with Gasteiger partial charge in [-0.1, -0.05) is 12.1 Å². The highest BCUT2D eigenvalue weighted by molar-refractivity contribution is 7.21. The molecule has 1 heterocycles. The van der Waals surface area contributed by atoms with Crippen LogP contribution in [-0.2, 0) is 4.79 Å². The van der Waals surface area contributed by atoms with E-state index in [0.29, 0.717) is 5.69 Å². The molecule has 0 saturated carbocycles. The van der Waals surface area contributed by atoms with Crippen LogP contribution in [0.1, 0.15) is 13.8 Å². The van der Waals surface area contributed by atoms with Crippen molar-refractivity contribution in [2.75, 3.05) is 5.32 Å². The summed E-state index contributed by atoms with van der Waals surface area (Å²) in [4.78, 5) is 16.6. The molecule has 0 unspecified atom stereocenters. The Balaban J connectivity index is 1.82. The molecule has 0 radical (unpaired) electrons. The largest absolute Gasteiger partial charge is 0.325 e. The van der Waals surface area contributed by atoms with Gasteiger partial charge in [-0.25, -0.2) is 4.98 Å². The average molecular weight is 321 g/mol. The van der Waals surface area contributed by atoms with Crippen molar-refractivity contribution in [1.82, 2.24) is 4.98 Å². The second kappa shape index (κ2) is 5.82. The van der Waals surface area contributed by atoms with Crippen molar-refractivity contribution in [1.29, 1.82) is 5.26 Å². The number of thiazole rings is 1. The molecule has 2 aromatic carbocycles. The molecule has 3 aromatic rings. The van der Waals surface area contributed by atoms with Crippen molar-refractivity contribution in [3.8, 4) is 16.6 Å². The summed E-state index contributed by atoms with van der Waals surface area (Å²) in [6, 6.07) is 17.5. The predicted octanol–water partition coefficient (Wildman–Crippen LogP) is 4.45. The first-order chi connectivity index (χ1) is 11.0. The lowest BCUT2D eigenvalue weighted by atomic mass is 9.94. The molecule has 23 heavy (non-hydrogen) atoms. The highest BCUT2D eigenvalue weighted by Crippen LogP contribution is 2.30. The summed E-state index contributed by atoms with van der Waals surface area (Å²) in [5.41, 5.74) is 1.61. The summed E-state index contributed by atoms with van der Waals surface area (Å²) in [5, 5.41) is 12.7. The van der Waals surface area contributed by atoms with Crippen molar-refractivity contribution < 1.29 is 4.79 Å². The highest BCUT2D eigenvalue weighted by atomic mass is 32.1. The van der Waals surface area contributed by atoms with Gasteiger partial charge in [0, 0.05) is 11.3 Å². The second-order valence-corrected chi connectivity index (χ2v) is 6.79. The monoisotopic (exact) mass is 321 g/mol. The normalized spacial score (nSPS) is 11.2. The number of anilines is 1. The number of para-hydroxylation sites is 1. The van der Waals surface area contributed by atoms with Gasteiger partial charge < -0.3 is 5.32 Å². The number of carbonyl (C=O) groups excluding carboxylic acids is 1. The number of nitrogens with one attached hydrogen (secondary N) is 1. The first-order valence-electron chi connectivity index (χ1n) is 7.18. The van der Waals surface area contributed by atoms with Crippen molar-refractivity contribution in [3.05, 3.63) is 48.5 Å². The van der Waals surface area contributed by atoms with E-state index in [9.17, 15) is 4.79 Å². The fourth-order valence-electron chi connectivity index (χ4n) is 2.03. The number of hydrogen-bond acceptors (Lipinski definition) is 4. The topological polar surface area (TPSA) is 65.8 Å². The van der Waals surface area contributed by atoms with Gasteiger partial charge in [0.15, 0.2) is 0 Å². The lowest BCUT2D eigenvalue weighted by Crippen LogP contribution is -2.29. The van der Waals surface area contributed by atoms with Crippen LogP contribution in [0.5, 0.6) is 0 Å². The van der Waals surface area contributed by atoms with E-state index in [1.54, 1.807) is 25.2 Å². The van der Waals surface area contributed by atoms with E-state index in [1.807, 2.05) is 48.5 Å². The molecule has 0 aliphatic heterocycles. The molecule has 0 bridgehead atoms. The Morgan fingerprint density at radius 1 is 1.17 bits per heavy atom. The van der Waals surface area contributed by atoms with Gasteiger partial charge in [0.2, 0.25) is 5.91 Å². The van der Waals surface area contributed by atoms with E-state index < -0.39 is 5.41 Å². The smallest absolute Gasteiger partial charge is 0.244 e. The van der Waals surface area contributed by atoms with Crippen LogP contribution >= 0.6 is 11.3 Å². The van der Waals surface area contributed by atoms with Gasteiger partial charge in [-0.15, -0.1) is 11.3 Å². The van der Waals surface area contributed by atoms with Crippen LogP contribution in [0.2, 0.25) is 0 Å². The lowest BCUT2D eigenvalue weighted by Gasteiger charge is -2.15. The Hall–Kier alpha value is -2.71. The van der Waals surface area contributed by atoms with Crippen molar-refractivity contribution >= 4 is 33.1 Å². The zero-order chi connectivity index (χ0) is 16.4. The van der Waals surface area contributed by atoms with E-state index in [1.165, 1.54) is 0 Å².